The SMILES string of the molecule is CCOc1ccc(N(CC(=O)NCCCc2cccc(OC)c2)S(C)(=O)=O)cc1. The quantitative estimate of drug-likeness (QED) is 0.565. The largest absolute Gasteiger partial charge is 0.497 e. The smallest absolute Gasteiger partial charge is 0.240 e. The van der Waals surface area contributed by atoms with Crippen molar-refractivity contribution in [2.24, 2.45) is 0 Å². The second-order valence-electron chi connectivity index (χ2n) is 6.50. The van der Waals surface area contributed by atoms with Crippen LogP contribution in [0.25, 0.3) is 0 Å². The third-order valence-electron chi connectivity index (χ3n) is 4.22. The fourth-order valence-electron chi connectivity index (χ4n) is 2.81. The van der Waals surface area contributed by atoms with E-state index in [0.717, 1.165) is 34.7 Å². The Labute approximate surface area is 172 Å². The Hall–Kier alpha value is -2.74. The molecule has 0 bridgehead atoms. The first-order valence-corrected chi connectivity index (χ1v) is 11.3. The average Bonchev–Trinajstić information content (AvgIpc) is 2.70. The molecule has 2 aromatic carbocycles. The van der Waals surface area contributed by atoms with Crippen molar-refractivity contribution in [1.29, 1.82) is 0 Å². The molecule has 0 aliphatic rings. The van der Waals surface area contributed by atoms with Crippen molar-refractivity contribution in [3.8, 4) is 11.5 Å². The van der Waals surface area contributed by atoms with Gasteiger partial charge in [0.15, 0.2) is 0 Å². The predicted octanol–water partition coefficient (Wildman–Crippen LogP) is 2.61. The first-order chi connectivity index (χ1) is 13.8. The number of nitrogens with one attached hydrogen (secondary N) is 1. The molecule has 0 spiro atoms. The minimum absolute atomic E-state index is 0.272. The monoisotopic (exact) mass is 420 g/mol. The zero-order valence-corrected chi connectivity index (χ0v) is 17.9. The van der Waals surface area contributed by atoms with Crippen LogP contribution in [-0.4, -0.2) is 47.4 Å². The van der Waals surface area contributed by atoms with E-state index in [4.69, 9.17) is 9.47 Å². The van der Waals surface area contributed by atoms with Gasteiger partial charge in [-0.2, -0.15) is 0 Å². The summed E-state index contributed by atoms with van der Waals surface area (Å²) in [5.74, 6) is 1.09. The summed E-state index contributed by atoms with van der Waals surface area (Å²) in [6.45, 7) is 2.57. The van der Waals surface area contributed by atoms with E-state index in [1.54, 1.807) is 31.4 Å². The molecule has 0 atom stereocenters. The molecule has 0 fully saturated rings. The molecule has 158 valence electrons. The second kappa shape index (κ2) is 10.7. The molecule has 1 N–H and O–H groups in total. The van der Waals surface area contributed by atoms with Gasteiger partial charge in [0, 0.05) is 6.54 Å². The summed E-state index contributed by atoms with van der Waals surface area (Å²) >= 11 is 0. The third kappa shape index (κ3) is 7.30. The highest BCUT2D eigenvalue weighted by Gasteiger charge is 2.20. The molecule has 29 heavy (non-hydrogen) atoms. The number of amides is 1. The van der Waals surface area contributed by atoms with Gasteiger partial charge in [-0.1, -0.05) is 12.1 Å². The number of methoxy groups -OCH3 is 1. The minimum atomic E-state index is -3.60. The number of aryl methyl sites for hydroxylation is 1. The number of anilines is 1. The number of hydrogen-bond donors (Lipinski definition) is 1. The maximum absolute atomic E-state index is 12.3. The van der Waals surface area contributed by atoms with Crippen LogP contribution < -0.4 is 19.1 Å². The van der Waals surface area contributed by atoms with Crippen LogP contribution in [0.1, 0.15) is 18.9 Å². The molecular formula is C21H28N2O5S. The number of carbonyl (C=O) groups is 1. The Kier molecular flexibility index (Phi) is 8.33. The van der Waals surface area contributed by atoms with E-state index in [0.29, 0.717) is 24.6 Å². The highest BCUT2D eigenvalue weighted by atomic mass is 32.2. The summed E-state index contributed by atoms with van der Waals surface area (Å²) in [5.41, 5.74) is 1.54. The van der Waals surface area contributed by atoms with Crippen LogP contribution in [0.5, 0.6) is 11.5 Å². The Bertz CT molecular complexity index is 898. The van der Waals surface area contributed by atoms with Crippen molar-refractivity contribution in [1.82, 2.24) is 5.32 Å². The van der Waals surface area contributed by atoms with Crippen molar-refractivity contribution in [3.05, 3.63) is 54.1 Å². The number of sulfonamides is 1. The van der Waals surface area contributed by atoms with E-state index >= 15 is 0 Å². The molecule has 0 radical (unpaired) electrons. The molecule has 1 amide bonds. The summed E-state index contributed by atoms with van der Waals surface area (Å²) in [7, 11) is -1.98. The predicted molar refractivity (Wildman–Crippen MR) is 114 cm³/mol. The topological polar surface area (TPSA) is 84.9 Å². The fourth-order valence-corrected chi connectivity index (χ4v) is 3.67. The van der Waals surface area contributed by atoms with Gasteiger partial charge in [-0.05, 0) is 61.7 Å². The van der Waals surface area contributed by atoms with Crippen LogP contribution in [0, 0.1) is 0 Å². The van der Waals surface area contributed by atoms with Crippen LogP contribution in [-0.2, 0) is 21.2 Å². The summed E-state index contributed by atoms with van der Waals surface area (Å²) in [5, 5.41) is 2.78. The van der Waals surface area contributed by atoms with E-state index in [1.165, 1.54) is 0 Å². The number of benzene rings is 2. The molecule has 0 aliphatic carbocycles. The maximum Gasteiger partial charge on any atom is 0.240 e. The fraction of sp³-hybridized carbons (Fsp3) is 0.381. The van der Waals surface area contributed by atoms with Crippen molar-refractivity contribution in [3.63, 3.8) is 0 Å². The maximum atomic E-state index is 12.3. The van der Waals surface area contributed by atoms with Crippen molar-refractivity contribution in [2.45, 2.75) is 19.8 Å². The Morgan fingerprint density at radius 1 is 1.10 bits per heavy atom. The molecule has 0 aliphatic heterocycles. The van der Waals surface area contributed by atoms with Crippen molar-refractivity contribution >= 4 is 21.6 Å². The zero-order valence-electron chi connectivity index (χ0n) is 17.1. The standard InChI is InChI=1S/C21H28N2O5S/c1-4-28-19-12-10-18(11-13-19)23(29(3,25)26)16-21(24)22-14-6-8-17-7-5-9-20(15-17)27-2/h5,7,9-13,15H,4,6,8,14,16H2,1-3H3,(H,22,24). The number of hydrogen-bond acceptors (Lipinski definition) is 5. The first-order valence-electron chi connectivity index (χ1n) is 9.43. The van der Waals surface area contributed by atoms with Gasteiger partial charge in [0.05, 0.1) is 25.7 Å². The summed E-state index contributed by atoms with van der Waals surface area (Å²) < 4.78 is 36.0. The van der Waals surface area contributed by atoms with Gasteiger partial charge < -0.3 is 14.8 Å². The lowest BCUT2D eigenvalue weighted by Gasteiger charge is -2.22. The second-order valence-corrected chi connectivity index (χ2v) is 8.41. The van der Waals surface area contributed by atoms with Crippen LogP contribution in [0.15, 0.2) is 48.5 Å². The molecule has 0 unspecified atom stereocenters. The van der Waals surface area contributed by atoms with Crippen LogP contribution in [0.4, 0.5) is 5.69 Å². The third-order valence-corrected chi connectivity index (χ3v) is 5.36. The van der Waals surface area contributed by atoms with E-state index in [-0.39, 0.29) is 12.5 Å². The number of carbonyl (C=O) groups excluding carboxylic acids is 1. The van der Waals surface area contributed by atoms with Gasteiger partial charge >= 0.3 is 0 Å². The zero-order chi connectivity index (χ0) is 21.3. The Balaban J connectivity index is 1.89. The van der Waals surface area contributed by atoms with Gasteiger partial charge in [-0.3, -0.25) is 9.10 Å². The minimum Gasteiger partial charge on any atom is -0.497 e. The Morgan fingerprint density at radius 2 is 1.83 bits per heavy atom. The Morgan fingerprint density at radius 3 is 2.45 bits per heavy atom. The molecule has 0 aromatic heterocycles. The first kappa shape index (κ1) is 22.5. The van der Waals surface area contributed by atoms with Crippen LogP contribution in [0.3, 0.4) is 0 Å². The van der Waals surface area contributed by atoms with Crippen LogP contribution >= 0.6 is 0 Å². The summed E-state index contributed by atoms with van der Waals surface area (Å²) in [6, 6.07) is 14.4. The lowest BCUT2D eigenvalue weighted by molar-refractivity contribution is -0.119. The lowest BCUT2D eigenvalue weighted by Crippen LogP contribution is -2.40. The highest BCUT2D eigenvalue weighted by Crippen LogP contribution is 2.21. The van der Waals surface area contributed by atoms with E-state index < -0.39 is 10.0 Å². The summed E-state index contributed by atoms with van der Waals surface area (Å²) in [6.07, 6.45) is 2.60. The van der Waals surface area contributed by atoms with E-state index in [9.17, 15) is 13.2 Å². The van der Waals surface area contributed by atoms with Crippen LogP contribution in [0.2, 0.25) is 0 Å². The highest BCUT2D eigenvalue weighted by molar-refractivity contribution is 7.92. The lowest BCUT2D eigenvalue weighted by atomic mass is 10.1. The van der Waals surface area contributed by atoms with Gasteiger partial charge in [0.2, 0.25) is 15.9 Å². The van der Waals surface area contributed by atoms with Gasteiger partial charge in [-0.25, -0.2) is 8.42 Å². The molecule has 2 rings (SSSR count). The molecule has 0 saturated carbocycles. The van der Waals surface area contributed by atoms with E-state index in [1.807, 2.05) is 31.2 Å². The summed E-state index contributed by atoms with van der Waals surface area (Å²) in [4.78, 5) is 12.3. The van der Waals surface area contributed by atoms with Gasteiger partial charge in [0.1, 0.15) is 18.0 Å². The van der Waals surface area contributed by atoms with E-state index in [2.05, 4.69) is 5.32 Å². The molecular weight excluding hydrogens is 392 g/mol. The van der Waals surface area contributed by atoms with Gasteiger partial charge in [-0.15, -0.1) is 0 Å². The van der Waals surface area contributed by atoms with Crippen molar-refractivity contribution in [2.75, 3.05) is 37.4 Å². The molecule has 7 nitrogen and oxygen atoms in total. The molecule has 2 aromatic rings. The number of ether oxygens (including phenoxy) is 2. The normalized spacial score (nSPS) is 11.0. The molecule has 0 saturated heterocycles. The molecule has 8 heteroatoms. The number of nitrogens with zero attached hydrogens (tertiary/aromatic N) is 1. The number of rotatable bonds is 11. The average molecular weight is 421 g/mol. The van der Waals surface area contributed by atoms with Crippen molar-refractivity contribution < 1.29 is 22.7 Å². The van der Waals surface area contributed by atoms with Gasteiger partial charge in [0.25, 0.3) is 0 Å². The molecule has 0 heterocycles.